The summed E-state index contributed by atoms with van der Waals surface area (Å²) in [6, 6.07) is 20.6. The van der Waals surface area contributed by atoms with E-state index in [0.717, 1.165) is 12.0 Å². The number of amides is 2. The van der Waals surface area contributed by atoms with Crippen LogP contribution < -0.4 is 14.5 Å². The van der Waals surface area contributed by atoms with Gasteiger partial charge in [-0.2, -0.15) is 0 Å². The van der Waals surface area contributed by atoms with Gasteiger partial charge in [-0.1, -0.05) is 36.4 Å². The first-order valence-electron chi connectivity index (χ1n) is 10.9. The van der Waals surface area contributed by atoms with Crippen molar-refractivity contribution in [1.29, 1.82) is 0 Å². The van der Waals surface area contributed by atoms with Crippen LogP contribution in [0.5, 0.6) is 0 Å². The third kappa shape index (κ3) is 3.87. The highest BCUT2D eigenvalue weighted by atomic mass is 32.2. The van der Waals surface area contributed by atoms with Crippen molar-refractivity contribution < 1.29 is 18.0 Å². The molecule has 0 aromatic heterocycles. The minimum atomic E-state index is -3.81. The van der Waals surface area contributed by atoms with Crippen molar-refractivity contribution >= 4 is 38.9 Å². The van der Waals surface area contributed by atoms with E-state index in [4.69, 9.17) is 0 Å². The Morgan fingerprint density at radius 2 is 1.61 bits per heavy atom. The van der Waals surface area contributed by atoms with Gasteiger partial charge in [0, 0.05) is 25.1 Å². The standard InChI is InChI=1S/C25H23N3O4S/c29-24-13-6-15-27(24)23-12-4-2-10-21(23)26-25(30)19-8-5-9-20(17-19)33(31,32)28-16-14-18-7-1-3-11-22(18)28/h1-5,7-12,17H,6,13-16H2,(H,26,30). The molecule has 2 amide bonds. The van der Waals surface area contributed by atoms with E-state index in [2.05, 4.69) is 5.32 Å². The third-order valence-corrected chi connectivity index (χ3v) is 7.85. The van der Waals surface area contributed by atoms with Crippen molar-refractivity contribution in [2.24, 2.45) is 0 Å². The lowest BCUT2D eigenvalue weighted by atomic mass is 10.2. The first-order chi connectivity index (χ1) is 15.9. The summed E-state index contributed by atoms with van der Waals surface area (Å²) in [5.41, 5.74) is 3.05. The summed E-state index contributed by atoms with van der Waals surface area (Å²) in [5, 5.41) is 2.85. The van der Waals surface area contributed by atoms with E-state index in [-0.39, 0.29) is 16.4 Å². The number of hydrogen-bond donors (Lipinski definition) is 1. The molecular weight excluding hydrogens is 438 g/mol. The summed E-state index contributed by atoms with van der Waals surface area (Å²) < 4.78 is 28.1. The Bertz CT molecular complexity index is 1350. The molecular formula is C25H23N3O4S. The molecule has 0 aliphatic carbocycles. The molecule has 33 heavy (non-hydrogen) atoms. The van der Waals surface area contributed by atoms with Gasteiger partial charge in [-0.15, -0.1) is 0 Å². The molecule has 2 aliphatic heterocycles. The molecule has 0 atom stereocenters. The molecule has 0 radical (unpaired) electrons. The predicted octanol–water partition coefficient (Wildman–Crippen LogP) is 3.82. The molecule has 3 aromatic rings. The largest absolute Gasteiger partial charge is 0.320 e. The fourth-order valence-corrected chi connectivity index (χ4v) is 5.94. The second kappa shape index (κ2) is 8.37. The molecule has 1 saturated heterocycles. The molecule has 0 bridgehead atoms. The number of hydrogen-bond acceptors (Lipinski definition) is 4. The van der Waals surface area contributed by atoms with Gasteiger partial charge in [0.2, 0.25) is 5.91 Å². The average molecular weight is 462 g/mol. The quantitative estimate of drug-likeness (QED) is 0.626. The first kappa shape index (κ1) is 21.2. The first-order valence-corrected chi connectivity index (χ1v) is 12.3. The maximum absolute atomic E-state index is 13.3. The molecule has 168 valence electrons. The Morgan fingerprint density at radius 3 is 2.39 bits per heavy atom. The molecule has 0 unspecified atom stereocenters. The van der Waals surface area contributed by atoms with Crippen LogP contribution in [-0.2, 0) is 21.2 Å². The van der Waals surface area contributed by atoms with Crippen LogP contribution in [0.25, 0.3) is 0 Å². The van der Waals surface area contributed by atoms with E-state index in [0.29, 0.717) is 43.0 Å². The molecule has 2 aliphatic rings. The maximum atomic E-state index is 13.3. The molecule has 0 saturated carbocycles. The summed E-state index contributed by atoms with van der Waals surface area (Å²) in [4.78, 5) is 27.0. The van der Waals surface area contributed by atoms with Gasteiger partial charge < -0.3 is 10.2 Å². The topological polar surface area (TPSA) is 86.8 Å². The van der Waals surface area contributed by atoms with Crippen LogP contribution in [0.15, 0.2) is 77.7 Å². The zero-order chi connectivity index (χ0) is 23.0. The summed E-state index contributed by atoms with van der Waals surface area (Å²) in [7, 11) is -3.81. The fourth-order valence-electron chi connectivity index (χ4n) is 4.39. The van der Waals surface area contributed by atoms with Gasteiger partial charge in [0.1, 0.15) is 0 Å². The van der Waals surface area contributed by atoms with E-state index in [1.807, 2.05) is 24.3 Å². The van der Waals surface area contributed by atoms with Gasteiger partial charge in [0.05, 0.1) is 22.0 Å². The van der Waals surface area contributed by atoms with Crippen LogP contribution in [0.1, 0.15) is 28.8 Å². The van der Waals surface area contributed by atoms with E-state index >= 15 is 0 Å². The highest BCUT2D eigenvalue weighted by Gasteiger charge is 2.31. The second-order valence-corrected chi connectivity index (χ2v) is 9.97. The van der Waals surface area contributed by atoms with Crippen LogP contribution in [0, 0.1) is 0 Å². The summed E-state index contributed by atoms with van der Waals surface area (Å²) in [6.45, 7) is 0.978. The van der Waals surface area contributed by atoms with Crippen LogP contribution in [0.2, 0.25) is 0 Å². The Balaban J connectivity index is 1.42. The number of fused-ring (bicyclic) bond motifs is 1. The molecule has 3 aromatic carbocycles. The Labute approximate surface area is 192 Å². The Kier molecular flexibility index (Phi) is 5.38. The minimum Gasteiger partial charge on any atom is -0.320 e. The molecule has 7 nitrogen and oxygen atoms in total. The molecule has 5 rings (SSSR count). The second-order valence-electron chi connectivity index (χ2n) is 8.10. The maximum Gasteiger partial charge on any atom is 0.264 e. The predicted molar refractivity (Wildman–Crippen MR) is 127 cm³/mol. The number of rotatable bonds is 5. The van der Waals surface area contributed by atoms with Crippen LogP contribution >= 0.6 is 0 Å². The minimum absolute atomic E-state index is 0.0238. The lowest BCUT2D eigenvalue weighted by Gasteiger charge is -2.21. The van der Waals surface area contributed by atoms with Crippen LogP contribution in [0.4, 0.5) is 17.1 Å². The molecule has 2 heterocycles. The van der Waals surface area contributed by atoms with E-state index < -0.39 is 15.9 Å². The lowest BCUT2D eigenvalue weighted by molar-refractivity contribution is -0.117. The SMILES string of the molecule is O=C(Nc1ccccc1N1CCCC1=O)c1cccc(S(=O)(=O)N2CCc3ccccc32)c1. The molecule has 0 spiro atoms. The monoisotopic (exact) mass is 461 g/mol. The van der Waals surface area contributed by atoms with Crippen molar-refractivity contribution in [2.45, 2.75) is 24.2 Å². The highest BCUT2D eigenvalue weighted by Crippen LogP contribution is 2.33. The number of para-hydroxylation sites is 3. The lowest BCUT2D eigenvalue weighted by Crippen LogP contribution is -2.29. The van der Waals surface area contributed by atoms with Gasteiger partial charge in [0.15, 0.2) is 0 Å². The normalized spacial score (nSPS) is 15.6. The number of anilines is 3. The average Bonchev–Trinajstić information content (AvgIpc) is 3.46. The Hall–Kier alpha value is -3.65. The third-order valence-electron chi connectivity index (χ3n) is 6.05. The van der Waals surface area contributed by atoms with E-state index in [1.54, 1.807) is 41.3 Å². The van der Waals surface area contributed by atoms with E-state index in [1.165, 1.54) is 16.4 Å². The van der Waals surface area contributed by atoms with Gasteiger partial charge in [-0.05, 0) is 54.8 Å². The van der Waals surface area contributed by atoms with Gasteiger partial charge in [-0.3, -0.25) is 13.9 Å². The fraction of sp³-hybridized carbons (Fsp3) is 0.200. The summed E-state index contributed by atoms with van der Waals surface area (Å²) in [5.74, 6) is -0.413. The molecule has 1 N–H and O–H groups in total. The van der Waals surface area contributed by atoms with Gasteiger partial charge in [0.25, 0.3) is 15.9 Å². The molecule has 8 heteroatoms. The summed E-state index contributed by atoms with van der Waals surface area (Å²) >= 11 is 0. The van der Waals surface area contributed by atoms with Crippen molar-refractivity contribution in [3.63, 3.8) is 0 Å². The summed E-state index contributed by atoms with van der Waals surface area (Å²) in [6.07, 6.45) is 1.92. The number of nitrogens with zero attached hydrogens (tertiary/aromatic N) is 2. The zero-order valence-electron chi connectivity index (χ0n) is 17.9. The Morgan fingerprint density at radius 1 is 0.848 bits per heavy atom. The van der Waals surface area contributed by atoms with Crippen LogP contribution in [0.3, 0.4) is 0 Å². The highest BCUT2D eigenvalue weighted by molar-refractivity contribution is 7.92. The zero-order valence-corrected chi connectivity index (χ0v) is 18.7. The number of benzene rings is 3. The number of carbonyl (C=O) groups is 2. The number of nitrogens with one attached hydrogen (secondary N) is 1. The smallest absolute Gasteiger partial charge is 0.264 e. The van der Waals surface area contributed by atoms with Crippen LogP contribution in [-0.4, -0.2) is 33.3 Å². The van der Waals surface area contributed by atoms with Crippen molar-refractivity contribution in [3.05, 3.63) is 83.9 Å². The van der Waals surface area contributed by atoms with Gasteiger partial charge in [-0.25, -0.2) is 8.42 Å². The van der Waals surface area contributed by atoms with Crippen molar-refractivity contribution in [2.75, 3.05) is 27.6 Å². The molecule has 1 fully saturated rings. The number of sulfonamides is 1. The van der Waals surface area contributed by atoms with Gasteiger partial charge >= 0.3 is 0 Å². The van der Waals surface area contributed by atoms with Crippen molar-refractivity contribution in [3.8, 4) is 0 Å². The van der Waals surface area contributed by atoms with Crippen molar-refractivity contribution in [1.82, 2.24) is 0 Å². The number of carbonyl (C=O) groups excluding carboxylic acids is 2. The van der Waals surface area contributed by atoms with E-state index in [9.17, 15) is 18.0 Å².